The molecule has 0 N–H and O–H groups in total. The highest BCUT2D eigenvalue weighted by Crippen LogP contribution is 2.28. The normalized spacial score (nSPS) is 18.7. The lowest BCUT2D eigenvalue weighted by Crippen LogP contribution is -2.49. The van der Waals surface area contributed by atoms with Crippen molar-refractivity contribution in [1.29, 1.82) is 0 Å². The summed E-state index contributed by atoms with van der Waals surface area (Å²) >= 11 is 5.98. The molecule has 3 heterocycles. The van der Waals surface area contributed by atoms with Crippen LogP contribution >= 0.6 is 11.6 Å². The van der Waals surface area contributed by atoms with E-state index in [4.69, 9.17) is 16.3 Å². The Morgan fingerprint density at radius 1 is 1.10 bits per heavy atom. The zero-order valence-corrected chi connectivity index (χ0v) is 18.1. The fraction of sp³-hybridized carbons (Fsp3) is 0.348. The second-order valence-corrected chi connectivity index (χ2v) is 8.47. The number of hydrogen-bond donors (Lipinski definition) is 0. The predicted molar refractivity (Wildman–Crippen MR) is 118 cm³/mol. The summed E-state index contributed by atoms with van der Waals surface area (Å²) in [6, 6.07) is 16.1. The molecule has 2 aromatic carbocycles. The number of rotatable bonds is 3. The van der Waals surface area contributed by atoms with Gasteiger partial charge in [-0.25, -0.2) is 4.68 Å². The number of hydrogen-bond acceptors (Lipinski definition) is 5. The fourth-order valence-corrected chi connectivity index (χ4v) is 4.32. The van der Waals surface area contributed by atoms with E-state index in [0.29, 0.717) is 37.0 Å². The van der Waals surface area contributed by atoms with Gasteiger partial charge in [0.05, 0.1) is 18.8 Å². The van der Waals surface area contributed by atoms with Gasteiger partial charge in [-0.1, -0.05) is 41.1 Å². The zero-order valence-electron chi connectivity index (χ0n) is 17.4. The number of benzene rings is 2. The number of halogens is 1. The molecule has 1 amide bonds. The van der Waals surface area contributed by atoms with Gasteiger partial charge in [-0.2, -0.15) is 0 Å². The maximum atomic E-state index is 13.1. The van der Waals surface area contributed by atoms with Gasteiger partial charge in [0.25, 0.3) is 5.91 Å². The van der Waals surface area contributed by atoms with Gasteiger partial charge in [0.1, 0.15) is 6.10 Å². The first-order valence-electron chi connectivity index (χ1n) is 10.5. The number of piperazine rings is 1. The molecular weight excluding hydrogens is 414 g/mol. The van der Waals surface area contributed by atoms with Crippen molar-refractivity contribution < 1.29 is 9.53 Å². The van der Waals surface area contributed by atoms with Crippen molar-refractivity contribution in [2.75, 3.05) is 31.1 Å². The number of carbonyl (C=O) groups excluding carboxylic acids is 1. The van der Waals surface area contributed by atoms with Gasteiger partial charge in [0, 0.05) is 36.9 Å². The third kappa shape index (κ3) is 4.03. The molecule has 7 nitrogen and oxygen atoms in total. The highest BCUT2D eigenvalue weighted by atomic mass is 35.5. The highest BCUT2D eigenvalue weighted by molar-refractivity contribution is 6.30. The Bertz CT molecular complexity index is 1090. The molecule has 1 aromatic heterocycles. The van der Waals surface area contributed by atoms with Gasteiger partial charge in [0.15, 0.2) is 5.69 Å². The molecule has 5 rings (SSSR count). The molecule has 1 atom stereocenters. The number of ether oxygens (including phenoxy) is 1. The first kappa shape index (κ1) is 20.0. The third-order valence-electron chi connectivity index (χ3n) is 5.98. The first-order valence-corrected chi connectivity index (χ1v) is 10.9. The Balaban J connectivity index is 1.25. The van der Waals surface area contributed by atoms with Crippen molar-refractivity contribution in [2.24, 2.45) is 0 Å². The molecule has 160 valence electrons. The minimum atomic E-state index is -0.132. The van der Waals surface area contributed by atoms with E-state index < -0.39 is 0 Å². The Morgan fingerprint density at radius 2 is 1.87 bits per heavy atom. The first-order chi connectivity index (χ1) is 15.1. The second-order valence-electron chi connectivity index (χ2n) is 8.04. The van der Waals surface area contributed by atoms with E-state index in [1.54, 1.807) is 4.68 Å². The van der Waals surface area contributed by atoms with Crippen LogP contribution in [0.4, 0.5) is 5.69 Å². The largest absolute Gasteiger partial charge is 0.368 e. The van der Waals surface area contributed by atoms with Gasteiger partial charge in [-0.15, -0.1) is 5.10 Å². The summed E-state index contributed by atoms with van der Waals surface area (Å²) in [5, 5.41) is 9.14. The predicted octanol–water partition coefficient (Wildman–Crippen LogP) is 3.47. The summed E-state index contributed by atoms with van der Waals surface area (Å²) in [7, 11) is 0. The van der Waals surface area contributed by atoms with E-state index >= 15 is 0 Å². The van der Waals surface area contributed by atoms with Crippen molar-refractivity contribution in [3.05, 3.63) is 76.1 Å². The summed E-state index contributed by atoms with van der Waals surface area (Å²) in [5.41, 5.74) is 4.62. The summed E-state index contributed by atoms with van der Waals surface area (Å²) in [6.07, 6.45) is -0.132. The summed E-state index contributed by atoms with van der Waals surface area (Å²) < 4.78 is 7.82. The molecule has 0 aliphatic carbocycles. The molecule has 8 heteroatoms. The minimum Gasteiger partial charge on any atom is -0.368 e. The Morgan fingerprint density at radius 3 is 2.61 bits per heavy atom. The van der Waals surface area contributed by atoms with E-state index in [2.05, 4.69) is 46.4 Å². The minimum absolute atomic E-state index is 0.0707. The molecular formula is C23H24ClN5O2. The quantitative estimate of drug-likeness (QED) is 0.627. The Labute approximate surface area is 186 Å². The second kappa shape index (κ2) is 8.32. The molecule has 3 aromatic rings. The molecule has 0 radical (unpaired) electrons. The molecule has 0 saturated carbocycles. The Hall–Kier alpha value is -2.90. The van der Waals surface area contributed by atoms with Crippen LogP contribution in [0, 0.1) is 6.92 Å². The van der Waals surface area contributed by atoms with Crippen molar-refractivity contribution in [3.8, 4) is 0 Å². The smallest absolute Gasteiger partial charge is 0.276 e. The van der Waals surface area contributed by atoms with Gasteiger partial charge < -0.3 is 14.5 Å². The van der Waals surface area contributed by atoms with E-state index in [1.807, 2.05) is 29.2 Å². The fourth-order valence-electron chi connectivity index (χ4n) is 4.20. The van der Waals surface area contributed by atoms with Crippen LogP contribution in [0.5, 0.6) is 0 Å². The average Bonchev–Trinajstić information content (AvgIpc) is 3.22. The molecule has 31 heavy (non-hydrogen) atoms. The van der Waals surface area contributed by atoms with Crippen LogP contribution in [0.3, 0.4) is 0 Å². The molecule has 0 bridgehead atoms. The van der Waals surface area contributed by atoms with Crippen LogP contribution < -0.4 is 4.90 Å². The molecule has 2 aliphatic heterocycles. The maximum absolute atomic E-state index is 13.1. The molecule has 0 unspecified atom stereocenters. The highest BCUT2D eigenvalue weighted by Gasteiger charge is 2.31. The van der Waals surface area contributed by atoms with Crippen LogP contribution in [0.2, 0.25) is 5.02 Å². The van der Waals surface area contributed by atoms with Gasteiger partial charge in [-0.3, -0.25) is 4.79 Å². The zero-order chi connectivity index (χ0) is 21.4. The van der Waals surface area contributed by atoms with E-state index in [1.165, 1.54) is 11.3 Å². The van der Waals surface area contributed by atoms with Crippen LogP contribution in [0.1, 0.15) is 33.4 Å². The summed E-state index contributed by atoms with van der Waals surface area (Å²) in [6.45, 7) is 5.85. The number of carbonyl (C=O) groups is 1. The number of nitrogens with zero attached hydrogens (tertiary/aromatic N) is 5. The number of anilines is 1. The van der Waals surface area contributed by atoms with Crippen LogP contribution in [-0.2, 0) is 17.9 Å². The standard InChI is InChI=1S/C23H24ClN5O2/c1-16-3-2-4-19(13-16)27-9-11-28(12-10-27)23(30)22-20-15-31-21(14-29(20)26-25-22)17-5-7-18(24)8-6-17/h2-8,13,21H,9-12,14-15H2,1H3/t21-/m1/s1. The van der Waals surface area contributed by atoms with E-state index in [0.717, 1.165) is 24.3 Å². The number of fused-ring (bicyclic) bond motifs is 1. The van der Waals surface area contributed by atoms with Crippen molar-refractivity contribution in [3.63, 3.8) is 0 Å². The molecule has 0 spiro atoms. The van der Waals surface area contributed by atoms with Crippen LogP contribution in [0.25, 0.3) is 0 Å². The molecule has 2 aliphatic rings. The van der Waals surface area contributed by atoms with E-state index in [-0.39, 0.29) is 12.0 Å². The van der Waals surface area contributed by atoms with Crippen molar-refractivity contribution in [1.82, 2.24) is 19.9 Å². The average molecular weight is 438 g/mol. The monoisotopic (exact) mass is 437 g/mol. The number of amides is 1. The number of aromatic nitrogens is 3. The lowest BCUT2D eigenvalue weighted by Gasteiger charge is -2.36. The Kier molecular flexibility index (Phi) is 5.38. The van der Waals surface area contributed by atoms with Gasteiger partial charge in [0.2, 0.25) is 0 Å². The lowest BCUT2D eigenvalue weighted by molar-refractivity contribution is -0.00196. The van der Waals surface area contributed by atoms with Gasteiger partial charge in [-0.05, 0) is 42.3 Å². The molecule has 1 fully saturated rings. The van der Waals surface area contributed by atoms with Gasteiger partial charge >= 0.3 is 0 Å². The maximum Gasteiger partial charge on any atom is 0.276 e. The van der Waals surface area contributed by atoms with Crippen LogP contribution in [-0.4, -0.2) is 52.0 Å². The third-order valence-corrected chi connectivity index (χ3v) is 6.23. The lowest BCUT2D eigenvalue weighted by atomic mass is 10.1. The summed E-state index contributed by atoms with van der Waals surface area (Å²) in [5.74, 6) is -0.0707. The SMILES string of the molecule is Cc1cccc(N2CCN(C(=O)c3nnn4c3CO[C@@H](c3ccc(Cl)cc3)C4)CC2)c1. The molecule has 1 saturated heterocycles. The van der Waals surface area contributed by atoms with Crippen LogP contribution in [0.15, 0.2) is 48.5 Å². The topological polar surface area (TPSA) is 63.5 Å². The van der Waals surface area contributed by atoms with Crippen molar-refractivity contribution >= 4 is 23.2 Å². The number of aryl methyl sites for hydroxylation is 1. The summed E-state index contributed by atoms with van der Waals surface area (Å²) in [4.78, 5) is 17.3. The van der Waals surface area contributed by atoms with Crippen molar-refractivity contribution in [2.45, 2.75) is 26.2 Å². The van der Waals surface area contributed by atoms with E-state index in [9.17, 15) is 4.79 Å².